The number of hydrogen-bond donors (Lipinski definition) is 2. The van der Waals surface area contributed by atoms with Crippen LogP contribution in [-0.2, 0) is 4.74 Å². The van der Waals surface area contributed by atoms with Gasteiger partial charge in [-0.1, -0.05) is 26.0 Å². The molecule has 0 bridgehead atoms. The van der Waals surface area contributed by atoms with Crippen LogP contribution in [-0.4, -0.2) is 34.3 Å². The maximum Gasteiger partial charge on any atom is 0.338 e. The number of nitrogens with zero attached hydrogens (tertiary/aromatic N) is 2. The molecule has 0 fully saturated rings. The molecule has 154 valence electrons. The number of rotatable bonds is 8. The van der Waals surface area contributed by atoms with Crippen molar-refractivity contribution in [2.45, 2.75) is 20.3 Å². The first-order valence-electron chi connectivity index (χ1n) is 9.65. The summed E-state index contributed by atoms with van der Waals surface area (Å²) in [5, 5.41) is 19.7. The lowest BCUT2D eigenvalue weighted by molar-refractivity contribution is 0.0502. The summed E-state index contributed by atoms with van der Waals surface area (Å²) in [6, 6.07) is 15.8. The van der Waals surface area contributed by atoms with Gasteiger partial charge in [-0.25, -0.2) is 9.78 Å². The number of nitrogens with one attached hydrogen (secondary N) is 1. The largest absolute Gasteiger partial charge is 0.507 e. The highest BCUT2D eigenvalue weighted by atomic mass is 16.5. The fourth-order valence-corrected chi connectivity index (χ4v) is 2.71. The number of benzene rings is 2. The Morgan fingerprint density at radius 3 is 2.60 bits per heavy atom. The standard InChI is InChI=1S/C23H23N3O4/c1-15(2)11-12-29-17-9-7-16(8-10-17)23(28)30-14-21(27)18(13-24)22-25-19-5-3-4-6-20(19)26-22/h3-10,15,27H,11-12,14H2,1-2H3,(H,25,26). The van der Waals surface area contributed by atoms with Crippen molar-refractivity contribution >= 4 is 22.6 Å². The minimum Gasteiger partial charge on any atom is -0.507 e. The number of carbonyl (C=O) groups is 1. The molecule has 0 atom stereocenters. The van der Waals surface area contributed by atoms with E-state index in [-0.39, 0.29) is 17.2 Å². The number of aromatic amines is 1. The van der Waals surface area contributed by atoms with Crippen molar-refractivity contribution < 1.29 is 19.4 Å². The molecule has 3 rings (SSSR count). The summed E-state index contributed by atoms with van der Waals surface area (Å²) in [6.45, 7) is 4.42. The molecular weight excluding hydrogens is 382 g/mol. The Balaban J connectivity index is 1.63. The van der Waals surface area contributed by atoms with E-state index in [4.69, 9.17) is 9.47 Å². The number of aromatic nitrogens is 2. The highest BCUT2D eigenvalue weighted by Gasteiger charge is 2.15. The van der Waals surface area contributed by atoms with Crippen LogP contribution in [0.4, 0.5) is 0 Å². The zero-order valence-electron chi connectivity index (χ0n) is 16.9. The number of carbonyl (C=O) groups excluding carboxylic acids is 1. The van der Waals surface area contributed by atoms with Crippen molar-refractivity contribution in [1.82, 2.24) is 9.97 Å². The van der Waals surface area contributed by atoms with Crippen LogP contribution in [0.3, 0.4) is 0 Å². The number of H-pyrrole nitrogens is 1. The van der Waals surface area contributed by atoms with E-state index in [1.807, 2.05) is 24.3 Å². The number of fused-ring (bicyclic) bond motifs is 1. The van der Waals surface area contributed by atoms with Crippen LogP contribution in [0.2, 0.25) is 0 Å². The SMILES string of the molecule is CC(C)CCOc1ccc(C(=O)OCC(O)=C(C#N)c2nc3ccccc3[nH]2)cc1. The summed E-state index contributed by atoms with van der Waals surface area (Å²) >= 11 is 0. The number of imidazole rings is 1. The molecule has 0 saturated carbocycles. The topological polar surface area (TPSA) is 108 Å². The van der Waals surface area contributed by atoms with E-state index in [0.717, 1.165) is 11.9 Å². The molecule has 2 N–H and O–H groups in total. The molecule has 30 heavy (non-hydrogen) atoms. The first-order chi connectivity index (χ1) is 14.5. The molecule has 1 heterocycles. The van der Waals surface area contributed by atoms with Crippen LogP contribution in [0.5, 0.6) is 5.75 Å². The van der Waals surface area contributed by atoms with Crippen molar-refractivity contribution in [2.24, 2.45) is 5.92 Å². The molecule has 3 aromatic rings. The van der Waals surface area contributed by atoms with Gasteiger partial charge in [0.2, 0.25) is 0 Å². The van der Waals surface area contributed by atoms with Crippen LogP contribution in [0.1, 0.15) is 36.5 Å². The predicted octanol–water partition coefficient (Wildman–Crippen LogP) is 4.64. The Kier molecular flexibility index (Phi) is 6.71. The lowest BCUT2D eigenvalue weighted by atomic mass is 10.1. The van der Waals surface area contributed by atoms with E-state index < -0.39 is 12.6 Å². The molecule has 7 nitrogen and oxygen atoms in total. The fourth-order valence-electron chi connectivity index (χ4n) is 2.71. The maximum absolute atomic E-state index is 12.2. The Morgan fingerprint density at radius 1 is 1.20 bits per heavy atom. The highest BCUT2D eigenvalue weighted by Crippen LogP contribution is 2.19. The second-order valence-corrected chi connectivity index (χ2v) is 7.17. The monoisotopic (exact) mass is 405 g/mol. The Bertz CT molecular complexity index is 1060. The van der Waals surface area contributed by atoms with Gasteiger partial charge >= 0.3 is 5.97 Å². The molecule has 2 aromatic carbocycles. The van der Waals surface area contributed by atoms with E-state index in [0.29, 0.717) is 29.4 Å². The molecule has 0 aliphatic carbocycles. The zero-order valence-corrected chi connectivity index (χ0v) is 16.9. The van der Waals surface area contributed by atoms with Crippen LogP contribution in [0.15, 0.2) is 54.3 Å². The van der Waals surface area contributed by atoms with Crippen molar-refractivity contribution in [3.8, 4) is 11.8 Å². The lowest BCUT2D eigenvalue weighted by Crippen LogP contribution is -2.09. The molecule has 0 radical (unpaired) electrons. The summed E-state index contributed by atoms with van der Waals surface area (Å²) in [4.78, 5) is 19.5. The van der Waals surface area contributed by atoms with Crippen LogP contribution >= 0.6 is 0 Å². The molecule has 0 spiro atoms. The van der Waals surface area contributed by atoms with Gasteiger partial charge in [0.05, 0.1) is 23.2 Å². The molecule has 0 amide bonds. The third kappa shape index (κ3) is 5.17. The second-order valence-electron chi connectivity index (χ2n) is 7.17. The van der Waals surface area contributed by atoms with Gasteiger partial charge < -0.3 is 19.6 Å². The van der Waals surface area contributed by atoms with Crippen LogP contribution in [0.25, 0.3) is 16.6 Å². The third-order valence-corrected chi connectivity index (χ3v) is 4.42. The maximum atomic E-state index is 12.2. The molecular formula is C23H23N3O4. The number of para-hydroxylation sites is 2. The molecule has 7 heteroatoms. The van der Waals surface area contributed by atoms with E-state index in [9.17, 15) is 15.2 Å². The van der Waals surface area contributed by atoms with Gasteiger partial charge in [-0.15, -0.1) is 0 Å². The van der Waals surface area contributed by atoms with Crippen LogP contribution < -0.4 is 4.74 Å². The van der Waals surface area contributed by atoms with E-state index in [1.165, 1.54) is 0 Å². The lowest BCUT2D eigenvalue weighted by Gasteiger charge is -2.09. The van der Waals surface area contributed by atoms with Crippen LogP contribution in [0, 0.1) is 17.2 Å². The van der Waals surface area contributed by atoms with Crippen molar-refractivity contribution in [1.29, 1.82) is 5.26 Å². The number of esters is 1. The highest BCUT2D eigenvalue weighted by molar-refractivity contribution is 5.90. The first-order valence-corrected chi connectivity index (χ1v) is 9.65. The Hall–Kier alpha value is -3.79. The van der Waals surface area contributed by atoms with Crippen molar-refractivity contribution in [3.05, 3.63) is 65.7 Å². The Labute approximate surface area is 174 Å². The van der Waals surface area contributed by atoms with E-state index in [1.54, 1.807) is 30.3 Å². The number of allylic oxidation sites excluding steroid dienone is 1. The second kappa shape index (κ2) is 9.61. The Morgan fingerprint density at radius 2 is 1.93 bits per heavy atom. The summed E-state index contributed by atoms with van der Waals surface area (Å²) in [5.74, 6) is 0.454. The van der Waals surface area contributed by atoms with Gasteiger partial charge in [0.15, 0.2) is 11.6 Å². The van der Waals surface area contributed by atoms with Gasteiger partial charge in [0.25, 0.3) is 0 Å². The van der Waals surface area contributed by atoms with Crippen molar-refractivity contribution in [3.63, 3.8) is 0 Å². The summed E-state index contributed by atoms with van der Waals surface area (Å²) in [7, 11) is 0. The first kappa shape index (κ1) is 20.9. The summed E-state index contributed by atoms with van der Waals surface area (Å²) in [5.41, 5.74) is 1.65. The summed E-state index contributed by atoms with van der Waals surface area (Å²) < 4.78 is 10.8. The minimum absolute atomic E-state index is 0.0760. The average molecular weight is 405 g/mol. The predicted molar refractivity (Wildman–Crippen MR) is 113 cm³/mol. The number of hydrogen-bond acceptors (Lipinski definition) is 6. The van der Waals surface area contributed by atoms with Gasteiger partial charge in [-0.2, -0.15) is 5.26 Å². The summed E-state index contributed by atoms with van der Waals surface area (Å²) in [6.07, 6.45) is 0.946. The molecule has 0 unspecified atom stereocenters. The number of aliphatic hydroxyl groups excluding tert-OH is 1. The third-order valence-electron chi connectivity index (χ3n) is 4.42. The van der Waals surface area contributed by atoms with Gasteiger partial charge in [-0.05, 0) is 48.7 Å². The van der Waals surface area contributed by atoms with E-state index >= 15 is 0 Å². The fraction of sp³-hybridized carbons (Fsp3) is 0.261. The molecule has 1 aromatic heterocycles. The van der Waals surface area contributed by atoms with Crippen molar-refractivity contribution in [2.75, 3.05) is 13.2 Å². The molecule has 0 aliphatic heterocycles. The molecule has 0 aliphatic rings. The smallest absolute Gasteiger partial charge is 0.338 e. The zero-order chi connectivity index (χ0) is 21.5. The number of nitriles is 1. The normalized spacial score (nSPS) is 11.8. The van der Waals surface area contributed by atoms with Gasteiger partial charge in [-0.3, -0.25) is 0 Å². The van der Waals surface area contributed by atoms with Gasteiger partial charge in [0.1, 0.15) is 24.0 Å². The quantitative estimate of drug-likeness (QED) is 0.321. The van der Waals surface area contributed by atoms with E-state index in [2.05, 4.69) is 23.8 Å². The number of ether oxygens (including phenoxy) is 2. The average Bonchev–Trinajstić information content (AvgIpc) is 3.16. The number of aliphatic hydroxyl groups is 1. The molecule has 0 saturated heterocycles. The minimum atomic E-state index is -0.614. The van der Waals surface area contributed by atoms with Gasteiger partial charge in [0, 0.05) is 0 Å².